The summed E-state index contributed by atoms with van der Waals surface area (Å²) in [6, 6.07) is 13.5. The molecule has 0 aromatic heterocycles. The summed E-state index contributed by atoms with van der Waals surface area (Å²) in [5.74, 6) is -0.889. The van der Waals surface area contributed by atoms with Gasteiger partial charge in [0, 0.05) is 19.0 Å². The average Bonchev–Trinajstić information content (AvgIpc) is 3.16. The van der Waals surface area contributed by atoms with Crippen LogP contribution in [0, 0.1) is 51.3 Å². The molecule has 5 nitrogen and oxygen atoms in total. The Hall–Kier alpha value is -3.39. The van der Waals surface area contributed by atoms with Gasteiger partial charge >= 0.3 is 0 Å². The predicted octanol–water partition coefficient (Wildman–Crippen LogP) is 11.5. The third kappa shape index (κ3) is 36.4. The Balaban J connectivity index is -0.000000188. The molecule has 2 aromatic rings. The van der Waals surface area contributed by atoms with Crippen molar-refractivity contribution in [3.8, 4) is 25.7 Å². The normalized spacial score (nSPS) is 10.0. The first-order chi connectivity index (χ1) is 24.9. The molecule has 2 aromatic carbocycles. The summed E-state index contributed by atoms with van der Waals surface area (Å²) in [4.78, 5) is 12.3. The number of hydrogen-bond acceptors (Lipinski definition) is 4. The molecule has 0 spiro atoms. The topological polar surface area (TPSA) is 75.3 Å². The molecule has 0 radical (unpaired) electrons. The van der Waals surface area contributed by atoms with Gasteiger partial charge in [0.2, 0.25) is 5.91 Å². The standard InChI is InChI=1S/C23H40N2O3S.C8H9F.C4H8.3C2H6.2C2H2/c1-5-10-22(11-6-2)29(27,28)18-19(4)23(26)25-15-9-14-24-17-21-13-8-12-20(7-3)16-21;1-6-3-7(2)5-8(9)4-6;1-3-4-2;5*1-2/h8,12-13,16,19,22,24H,5-7,9-11,14-15,17-18H2,1-4H3,(H,25,26);3-5H,1-2H3;3-4H,1-2H3;3*1-2H3;2*1-2H/b;;4-3-;;;;;. The van der Waals surface area contributed by atoms with Gasteiger partial charge in [-0.3, -0.25) is 4.79 Å². The highest BCUT2D eigenvalue weighted by molar-refractivity contribution is 7.92. The molecule has 0 saturated heterocycles. The van der Waals surface area contributed by atoms with Gasteiger partial charge in [0.25, 0.3) is 0 Å². The number of nitrogens with one attached hydrogen (secondary N) is 2. The zero-order valence-electron chi connectivity index (χ0n) is 35.7. The fraction of sp³-hybridized carbons (Fsp3) is 0.578. The van der Waals surface area contributed by atoms with E-state index < -0.39 is 15.8 Å². The maximum atomic E-state index is 12.6. The van der Waals surface area contributed by atoms with Gasteiger partial charge in [-0.05, 0) is 94.3 Å². The van der Waals surface area contributed by atoms with E-state index in [0.717, 1.165) is 49.9 Å². The molecule has 1 unspecified atom stereocenters. The SMILES string of the molecule is C#C.C#C.C/C=C\C.CC.CC.CC.CCCC(CCC)S(=O)(=O)CC(C)C(=O)NCCCNCc1cccc(CC)c1.Cc1cc(C)cc(F)c1. The van der Waals surface area contributed by atoms with E-state index in [1.165, 1.54) is 23.3 Å². The number of carbonyl (C=O) groups is 1. The molecular formula is C45H79FN2O3S. The summed E-state index contributed by atoms with van der Waals surface area (Å²) >= 11 is 0. The highest BCUT2D eigenvalue weighted by Gasteiger charge is 2.28. The number of sulfone groups is 1. The summed E-state index contributed by atoms with van der Waals surface area (Å²) in [7, 11) is -3.24. The second-order valence-electron chi connectivity index (χ2n) is 10.9. The lowest BCUT2D eigenvalue weighted by Crippen LogP contribution is -2.37. The van der Waals surface area contributed by atoms with Gasteiger partial charge in [-0.1, -0.05) is 125 Å². The minimum atomic E-state index is -3.24. The van der Waals surface area contributed by atoms with E-state index in [4.69, 9.17) is 0 Å². The van der Waals surface area contributed by atoms with E-state index in [2.05, 4.69) is 67.5 Å². The van der Waals surface area contributed by atoms with Crippen molar-refractivity contribution in [3.63, 3.8) is 0 Å². The highest BCUT2D eigenvalue weighted by Crippen LogP contribution is 2.18. The van der Waals surface area contributed by atoms with E-state index in [0.29, 0.717) is 19.4 Å². The molecular weight excluding hydrogens is 668 g/mol. The molecule has 0 saturated carbocycles. The zero-order valence-corrected chi connectivity index (χ0v) is 36.6. The summed E-state index contributed by atoms with van der Waals surface area (Å²) in [5, 5.41) is 5.95. The quantitative estimate of drug-likeness (QED) is 0.108. The fourth-order valence-corrected chi connectivity index (χ4v) is 6.73. The molecule has 1 amide bonds. The smallest absolute Gasteiger partial charge is 0.223 e. The van der Waals surface area contributed by atoms with E-state index in [-0.39, 0.29) is 22.7 Å². The Morgan fingerprint density at radius 3 is 1.65 bits per heavy atom. The van der Waals surface area contributed by atoms with Crippen molar-refractivity contribution < 1.29 is 17.6 Å². The molecule has 52 heavy (non-hydrogen) atoms. The maximum absolute atomic E-state index is 12.6. The molecule has 0 aliphatic carbocycles. The van der Waals surface area contributed by atoms with Gasteiger partial charge in [-0.25, -0.2) is 12.8 Å². The Morgan fingerprint density at radius 1 is 0.788 bits per heavy atom. The largest absolute Gasteiger partial charge is 0.356 e. The summed E-state index contributed by atoms with van der Waals surface area (Å²) in [6.07, 6.45) is 24.9. The fourth-order valence-electron chi connectivity index (χ4n) is 4.42. The Kier molecular flexibility index (Phi) is 53.3. The van der Waals surface area contributed by atoms with E-state index in [9.17, 15) is 17.6 Å². The molecule has 7 heteroatoms. The molecule has 300 valence electrons. The molecule has 0 fully saturated rings. The molecule has 2 rings (SSSR count). The van der Waals surface area contributed by atoms with Crippen molar-refractivity contribution in [1.82, 2.24) is 10.6 Å². The van der Waals surface area contributed by atoms with Crippen LogP contribution in [0.1, 0.15) is 137 Å². The number of allylic oxidation sites excluding steroid dienone is 2. The first-order valence-corrected chi connectivity index (χ1v) is 20.9. The van der Waals surface area contributed by atoms with Crippen LogP contribution in [0.3, 0.4) is 0 Å². The van der Waals surface area contributed by atoms with Crippen molar-refractivity contribution >= 4 is 15.7 Å². The second kappa shape index (κ2) is 45.6. The third-order valence-corrected chi connectivity index (χ3v) is 9.19. The third-order valence-electron chi connectivity index (χ3n) is 6.74. The van der Waals surface area contributed by atoms with Crippen molar-refractivity contribution in [1.29, 1.82) is 0 Å². The van der Waals surface area contributed by atoms with Crippen molar-refractivity contribution in [3.05, 3.63) is 82.7 Å². The van der Waals surface area contributed by atoms with Crippen LogP contribution in [-0.4, -0.2) is 38.4 Å². The van der Waals surface area contributed by atoms with Crippen molar-refractivity contribution in [2.75, 3.05) is 18.8 Å². The summed E-state index contributed by atoms with van der Waals surface area (Å²) < 4.78 is 37.7. The molecule has 0 aliphatic heterocycles. The van der Waals surface area contributed by atoms with Crippen LogP contribution in [0.25, 0.3) is 0 Å². The first-order valence-electron chi connectivity index (χ1n) is 19.2. The van der Waals surface area contributed by atoms with E-state index in [1.807, 2.05) is 101 Å². The Labute approximate surface area is 323 Å². The van der Waals surface area contributed by atoms with Gasteiger partial charge in [0.05, 0.1) is 11.0 Å². The molecule has 2 N–H and O–H groups in total. The monoisotopic (exact) mass is 747 g/mol. The molecule has 0 bridgehead atoms. The zero-order chi connectivity index (χ0) is 42.0. The van der Waals surface area contributed by atoms with E-state index in [1.54, 1.807) is 6.92 Å². The van der Waals surface area contributed by atoms with Crippen molar-refractivity contribution in [2.24, 2.45) is 5.92 Å². The Morgan fingerprint density at radius 2 is 1.25 bits per heavy atom. The van der Waals surface area contributed by atoms with Crippen LogP contribution >= 0.6 is 0 Å². The van der Waals surface area contributed by atoms with Crippen molar-refractivity contribution in [2.45, 2.75) is 147 Å². The van der Waals surface area contributed by atoms with E-state index >= 15 is 0 Å². The molecule has 0 heterocycles. The Bertz CT molecular complexity index is 1170. The second-order valence-corrected chi connectivity index (χ2v) is 13.2. The number of halogens is 1. The van der Waals surface area contributed by atoms with Gasteiger partial charge in [-0.15, -0.1) is 25.7 Å². The minimum Gasteiger partial charge on any atom is -0.356 e. The van der Waals surface area contributed by atoms with Gasteiger partial charge in [0.1, 0.15) is 5.82 Å². The number of terminal acetylenes is 2. The molecule has 1 atom stereocenters. The van der Waals surface area contributed by atoms with Crippen LogP contribution < -0.4 is 10.6 Å². The number of rotatable bonds is 15. The van der Waals surface area contributed by atoms with Crippen LogP contribution in [0.2, 0.25) is 0 Å². The number of carbonyl (C=O) groups excluding carboxylic acids is 1. The summed E-state index contributed by atoms with van der Waals surface area (Å²) in [6.45, 7) is 29.8. The number of benzene rings is 2. The van der Waals surface area contributed by atoms with Gasteiger partial charge < -0.3 is 10.6 Å². The lowest BCUT2D eigenvalue weighted by Gasteiger charge is -2.19. The molecule has 0 aliphatic rings. The maximum Gasteiger partial charge on any atom is 0.223 e. The summed E-state index contributed by atoms with van der Waals surface area (Å²) in [5.41, 5.74) is 4.56. The van der Waals surface area contributed by atoms with Crippen LogP contribution in [0.15, 0.2) is 54.6 Å². The van der Waals surface area contributed by atoms with Crippen LogP contribution in [-0.2, 0) is 27.6 Å². The lowest BCUT2D eigenvalue weighted by atomic mass is 10.1. The number of hydrogen-bond donors (Lipinski definition) is 2. The first kappa shape index (κ1) is 60.7. The number of amides is 1. The average molecular weight is 747 g/mol. The number of aryl methyl sites for hydroxylation is 3. The predicted molar refractivity (Wildman–Crippen MR) is 232 cm³/mol. The lowest BCUT2D eigenvalue weighted by molar-refractivity contribution is -0.123. The van der Waals surface area contributed by atoms with Gasteiger partial charge in [-0.2, -0.15) is 0 Å². The van der Waals surface area contributed by atoms with Crippen LogP contribution in [0.4, 0.5) is 4.39 Å². The van der Waals surface area contributed by atoms with Crippen LogP contribution in [0.5, 0.6) is 0 Å². The highest BCUT2D eigenvalue weighted by atomic mass is 32.2. The minimum absolute atomic E-state index is 0.0600. The van der Waals surface area contributed by atoms with Gasteiger partial charge in [0.15, 0.2) is 9.84 Å².